The number of terminal acetylenes is 1. The quantitative estimate of drug-likeness (QED) is 0.398. The number of hydrogen-bond donors (Lipinski definition) is 0. The fourth-order valence-electron chi connectivity index (χ4n) is 2.40. The molecule has 21 heavy (non-hydrogen) atoms. The van der Waals surface area contributed by atoms with E-state index in [1.165, 1.54) is 0 Å². The molecule has 2 heteroatoms. The Balaban J connectivity index is 2.17. The van der Waals surface area contributed by atoms with E-state index >= 15 is 0 Å². The number of fused-ring (bicyclic) bond motifs is 2. The first-order valence-corrected chi connectivity index (χ1v) is 6.77. The minimum Gasteiger partial charge on any atom is -0.446 e. The van der Waals surface area contributed by atoms with E-state index in [0.29, 0.717) is 5.56 Å². The van der Waals surface area contributed by atoms with Crippen LogP contribution in [0.2, 0.25) is 0 Å². The Morgan fingerprint density at radius 2 is 1.71 bits per heavy atom. The van der Waals surface area contributed by atoms with E-state index in [1.807, 2.05) is 36.4 Å². The van der Waals surface area contributed by atoms with Gasteiger partial charge in [-0.2, -0.15) is 0 Å². The van der Waals surface area contributed by atoms with Gasteiger partial charge in [0.25, 0.3) is 0 Å². The van der Waals surface area contributed by atoms with Gasteiger partial charge in [-0.05, 0) is 46.7 Å². The summed E-state index contributed by atoms with van der Waals surface area (Å²) >= 11 is 0. The molecule has 0 heterocycles. The fourth-order valence-corrected chi connectivity index (χ4v) is 2.40. The molecule has 3 aromatic carbocycles. The number of rotatable bonds is 2. The molecule has 0 radical (unpaired) electrons. The van der Waals surface area contributed by atoms with Crippen LogP contribution in [0.5, 0.6) is 0 Å². The highest BCUT2D eigenvalue weighted by Crippen LogP contribution is 2.26. The Morgan fingerprint density at radius 3 is 2.43 bits per heavy atom. The first-order valence-electron chi connectivity index (χ1n) is 6.77. The van der Waals surface area contributed by atoms with Crippen molar-refractivity contribution in [2.24, 2.45) is 0 Å². The number of esters is 1. The van der Waals surface area contributed by atoms with Gasteiger partial charge in [-0.3, -0.25) is 0 Å². The van der Waals surface area contributed by atoms with Gasteiger partial charge in [-0.25, -0.2) is 4.79 Å². The van der Waals surface area contributed by atoms with Crippen LogP contribution in [0, 0.1) is 12.3 Å². The molecule has 3 rings (SSSR count). The van der Waals surface area contributed by atoms with Crippen molar-refractivity contribution in [3.63, 3.8) is 0 Å². The SMILES string of the molecule is C#C[C@@H](C)OC(=O)c1cccc2cc3ccccc3cc12. The maximum Gasteiger partial charge on any atom is 0.339 e. The molecule has 1 atom stereocenters. The van der Waals surface area contributed by atoms with Crippen molar-refractivity contribution in [1.29, 1.82) is 0 Å². The molecular weight excluding hydrogens is 260 g/mol. The van der Waals surface area contributed by atoms with Crippen LogP contribution >= 0.6 is 0 Å². The molecule has 3 aromatic rings. The second-order valence-corrected chi connectivity index (χ2v) is 4.94. The van der Waals surface area contributed by atoms with Gasteiger partial charge in [0.05, 0.1) is 5.56 Å². The zero-order valence-corrected chi connectivity index (χ0v) is 11.7. The van der Waals surface area contributed by atoms with Crippen molar-refractivity contribution in [1.82, 2.24) is 0 Å². The van der Waals surface area contributed by atoms with E-state index in [1.54, 1.807) is 13.0 Å². The lowest BCUT2D eigenvalue weighted by Crippen LogP contribution is -2.13. The average molecular weight is 274 g/mol. The molecule has 0 amide bonds. The first kappa shape index (κ1) is 13.2. The summed E-state index contributed by atoms with van der Waals surface area (Å²) in [6, 6.07) is 17.8. The normalized spacial score (nSPS) is 12.0. The third-order valence-corrected chi connectivity index (χ3v) is 3.49. The van der Waals surface area contributed by atoms with Crippen molar-refractivity contribution in [3.05, 3.63) is 60.2 Å². The van der Waals surface area contributed by atoms with Crippen molar-refractivity contribution in [3.8, 4) is 12.3 Å². The summed E-state index contributed by atoms with van der Waals surface area (Å²) in [6.07, 6.45) is 4.72. The van der Waals surface area contributed by atoms with E-state index < -0.39 is 6.10 Å². The van der Waals surface area contributed by atoms with E-state index in [9.17, 15) is 4.79 Å². The topological polar surface area (TPSA) is 26.3 Å². The predicted octanol–water partition coefficient (Wildman–Crippen LogP) is 4.17. The number of carbonyl (C=O) groups is 1. The maximum atomic E-state index is 12.2. The van der Waals surface area contributed by atoms with Gasteiger partial charge in [0.15, 0.2) is 6.10 Å². The van der Waals surface area contributed by atoms with E-state index in [0.717, 1.165) is 21.5 Å². The second kappa shape index (κ2) is 5.30. The van der Waals surface area contributed by atoms with Gasteiger partial charge >= 0.3 is 5.97 Å². The van der Waals surface area contributed by atoms with Crippen LogP contribution in [0.15, 0.2) is 54.6 Å². The molecule has 0 bridgehead atoms. The average Bonchev–Trinajstić information content (AvgIpc) is 2.52. The maximum absolute atomic E-state index is 12.2. The highest BCUT2D eigenvalue weighted by molar-refractivity contribution is 6.09. The molecule has 2 nitrogen and oxygen atoms in total. The zero-order chi connectivity index (χ0) is 14.8. The number of benzene rings is 3. The zero-order valence-electron chi connectivity index (χ0n) is 11.7. The number of hydrogen-bond acceptors (Lipinski definition) is 2. The van der Waals surface area contributed by atoms with Gasteiger partial charge in [0, 0.05) is 0 Å². The van der Waals surface area contributed by atoms with E-state index in [2.05, 4.69) is 18.1 Å². The van der Waals surface area contributed by atoms with Crippen LogP contribution in [0.25, 0.3) is 21.5 Å². The molecule has 0 saturated carbocycles. The molecule has 0 saturated heterocycles. The molecule has 0 spiro atoms. The first-order chi connectivity index (χ1) is 10.2. The van der Waals surface area contributed by atoms with Crippen LogP contribution in [-0.4, -0.2) is 12.1 Å². The van der Waals surface area contributed by atoms with Crippen LogP contribution < -0.4 is 0 Å². The standard InChI is InChI=1S/C19H14O2/c1-3-13(2)21-19(20)17-10-6-9-16-11-14-7-4-5-8-15(14)12-18(16)17/h1,4-13H,2H3/t13-/m1/s1. The van der Waals surface area contributed by atoms with Gasteiger partial charge in [0.2, 0.25) is 0 Å². The molecule has 0 unspecified atom stereocenters. The second-order valence-electron chi connectivity index (χ2n) is 4.94. The Hall–Kier alpha value is -2.79. The van der Waals surface area contributed by atoms with Crippen molar-refractivity contribution in [2.75, 3.05) is 0 Å². The summed E-state index contributed by atoms with van der Waals surface area (Å²) in [7, 11) is 0. The third-order valence-electron chi connectivity index (χ3n) is 3.49. The molecule has 0 fully saturated rings. The predicted molar refractivity (Wildman–Crippen MR) is 85.2 cm³/mol. The third kappa shape index (κ3) is 2.46. The Kier molecular flexibility index (Phi) is 3.33. The molecule has 0 N–H and O–H groups in total. The van der Waals surface area contributed by atoms with Gasteiger partial charge < -0.3 is 4.74 Å². The lowest BCUT2D eigenvalue weighted by Gasteiger charge is -2.10. The van der Waals surface area contributed by atoms with Gasteiger partial charge in [-0.1, -0.05) is 42.3 Å². The lowest BCUT2D eigenvalue weighted by molar-refractivity contribution is 0.0441. The molecule has 0 aliphatic heterocycles. The Labute approximate surface area is 123 Å². The summed E-state index contributed by atoms with van der Waals surface area (Å²) in [5.74, 6) is 2.01. The van der Waals surface area contributed by atoms with E-state index in [4.69, 9.17) is 11.2 Å². The van der Waals surface area contributed by atoms with Crippen molar-refractivity contribution < 1.29 is 9.53 Å². The number of carbonyl (C=O) groups excluding carboxylic acids is 1. The van der Waals surface area contributed by atoms with Crippen LogP contribution in [0.1, 0.15) is 17.3 Å². The van der Waals surface area contributed by atoms with Crippen molar-refractivity contribution in [2.45, 2.75) is 13.0 Å². The highest BCUT2D eigenvalue weighted by Gasteiger charge is 2.14. The van der Waals surface area contributed by atoms with E-state index in [-0.39, 0.29) is 5.97 Å². The van der Waals surface area contributed by atoms with Gasteiger partial charge in [-0.15, -0.1) is 6.42 Å². The molecule has 0 aliphatic carbocycles. The lowest BCUT2D eigenvalue weighted by atomic mass is 10.00. The Bertz CT molecular complexity index is 871. The summed E-state index contributed by atoms with van der Waals surface area (Å²) in [4.78, 5) is 12.2. The minimum atomic E-state index is -0.534. The summed E-state index contributed by atoms with van der Waals surface area (Å²) in [5.41, 5.74) is 0.542. The monoisotopic (exact) mass is 274 g/mol. The van der Waals surface area contributed by atoms with Crippen LogP contribution in [0.3, 0.4) is 0 Å². The molecule has 0 aromatic heterocycles. The smallest absolute Gasteiger partial charge is 0.339 e. The number of ether oxygens (including phenoxy) is 1. The fraction of sp³-hybridized carbons (Fsp3) is 0.105. The van der Waals surface area contributed by atoms with Crippen LogP contribution in [0.4, 0.5) is 0 Å². The highest BCUT2D eigenvalue weighted by atomic mass is 16.5. The minimum absolute atomic E-state index is 0.388. The van der Waals surface area contributed by atoms with Gasteiger partial charge in [0.1, 0.15) is 0 Å². The summed E-state index contributed by atoms with van der Waals surface area (Å²) < 4.78 is 5.23. The largest absolute Gasteiger partial charge is 0.446 e. The van der Waals surface area contributed by atoms with Crippen LogP contribution in [-0.2, 0) is 4.74 Å². The summed E-state index contributed by atoms with van der Waals surface area (Å²) in [5, 5.41) is 4.13. The molecule has 102 valence electrons. The Morgan fingerprint density at radius 1 is 1.05 bits per heavy atom. The molecule has 0 aliphatic rings. The van der Waals surface area contributed by atoms with Crippen molar-refractivity contribution >= 4 is 27.5 Å². The molecular formula is C19H14O2. The summed E-state index contributed by atoms with van der Waals surface area (Å²) in [6.45, 7) is 1.68.